The van der Waals surface area contributed by atoms with Gasteiger partial charge >= 0.3 is 5.97 Å². The Morgan fingerprint density at radius 2 is 2.00 bits per heavy atom. The lowest BCUT2D eigenvalue weighted by Crippen LogP contribution is -2.35. The maximum absolute atomic E-state index is 12.2. The third-order valence-electron chi connectivity index (χ3n) is 2.90. The summed E-state index contributed by atoms with van der Waals surface area (Å²) in [6.45, 7) is 5.90. The summed E-state index contributed by atoms with van der Waals surface area (Å²) in [5.41, 5.74) is 0.488. The summed E-state index contributed by atoms with van der Waals surface area (Å²) in [5.74, 6) is -0.485. The minimum Gasteiger partial charge on any atom is -0.465 e. The first-order chi connectivity index (χ1) is 9.06. The predicted molar refractivity (Wildman–Crippen MR) is 74.4 cm³/mol. The smallest absolute Gasteiger partial charge is 0.331 e. The largest absolute Gasteiger partial charge is 0.465 e. The van der Waals surface area contributed by atoms with E-state index >= 15 is 0 Å². The number of carbonyl (C=O) groups is 1. The van der Waals surface area contributed by atoms with Crippen LogP contribution in [0.5, 0.6) is 0 Å². The second kappa shape index (κ2) is 6.75. The summed E-state index contributed by atoms with van der Waals surface area (Å²) in [6, 6.07) is 11.2. The van der Waals surface area contributed by atoms with Gasteiger partial charge in [0.1, 0.15) is 0 Å². The van der Waals surface area contributed by atoms with Crippen LogP contribution in [-0.4, -0.2) is 12.6 Å². The Morgan fingerprint density at radius 3 is 2.47 bits per heavy atom. The lowest BCUT2D eigenvalue weighted by Gasteiger charge is -2.23. The van der Waals surface area contributed by atoms with E-state index in [1.807, 2.05) is 38.1 Å². The van der Waals surface area contributed by atoms with Crippen LogP contribution in [0.25, 0.3) is 0 Å². The molecule has 0 aliphatic rings. The van der Waals surface area contributed by atoms with Gasteiger partial charge in [0.2, 0.25) is 0 Å². The molecule has 1 aromatic rings. The molecule has 0 fully saturated rings. The van der Waals surface area contributed by atoms with Gasteiger partial charge in [-0.1, -0.05) is 42.0 Å². The fraction of sp³-hybridized carbons (Fsp3) is 0.375. The van der Waals surface area contributed by atoms with Crippen molar-refractivity contribution < 1.29 is 9.53 Å². The molecular formula is C16H19NO2. The highest BCUT2D eigenvalue weighted by molar-refractivity contribution is 5.87. The Kier molecular flexibility index (Phi) is 5.32. The minimum atomic E-state index is -1.26. The lowest BCUT2D eigenvalue weighted by molar-refractivity contribution is -0.147. The zero-order valence-electron chi connectivity index (χ0n) is 11.6. The molecule has 0 aliphatic carbocycles. The fourth-order valence-electron chi connectivity index (χ4n) is 1.81. The van der Waals surface area contributed by atoms with Crippen molar-refractivity contribution in [2.75, 3.05) is 6.61 Å². The highest BCUT2D eigenvalue weighted by Gasteiger charge is 2.41. The van der Waals surface area contributed by atoms with Crippen molar-refractivity contribution in [3.05, 3.63) is 47.5 Å². The first-order valence-electron chi connectivity index (χ1n) is 6.34. The standard InChI is InChI=1S/C16H19NO2/c1-4-19-15(18)16(12-17,11-10-13(2)3)14-8-6-5-7-9-14/h5-10H,4,11H2,1-3H3. The van der Waals surface area contributed by atoms with Gasteiger partial charge in [0.05, 0.1) is 12.7 Å². The van der Waals surface area contributed by atoms with E-state index in [0.717, 1.165) is 5.57 Å². The van der Waals surface area contributed by atoms with Gasteiger partial charge in [0.15, 0.2) is 5.41 Å². The van der Waals surface area contributed by atoms with Crippen LogP contribution in [0, 0.1) is 11.3 Å². The Hall–Kier alpha value is -2.08. The zero-order valence-corrected chi connectivity index (χ0v) is 11.6. The van der Waals surface area contributed by atoms with Crippen molar-refractivity contribution in [1.82, 2.24) is 0 Å². The maximum atomic E-state index is 12.2. The Balaban J connectivity index is 3.26. The summed E-state index contributed by atoms with van der Waals surface area (Å²) in [7, 11) is 0. The molecule has 3 nitrogen and oxygen atoms in total. The molecule has 1 rings (SSSR count). The Labute approximate surface area is 114 Å². The van der Waals surface area contributed by atoms with Gasteiger partial charge in [0, 0.05) is 0 Å². The molecule has 19 heavy (non-hydrogen) atoms. The molecule has 0 aromatic heterocycles. The number of hydrogen-bond donors (Lipinski definition) is 0. The molecular weight excluding hydrogens is 238 g/mol. The van der Waals surface area contributed by atoms with Gasteiger partial charge in [-0.3, -0.25) is 0 Å². The van der Waals surface area contributed by atoms with Crippen molar-refractivity contribution in [3.8, 4) is 6.07 Å². The van der Waals surface area contributed by atoms with Crippen LogP contribution in [0.2, 0.25) is 0 Å². The van der Waals surface area contributed by atoms with E-state index in [4.69, 9.17) is 4.74 Å². The van der Waals surface area contributed by atoms with Gasteiger partial charge in [0.25, 0.3) is 0 Å². The molecule has 0 amide bonds. The summed E-state index contributed by atoms with van der Waals surface area (Å²) in [6.07, 6.45) is 2.22. The maximum Gasteiger partial charge on any atom is 0.331 e. The first kappa shape index (κ1) is 15.0. The number of rotatable bonds is 5. The molecule has 0 N–H and O–H groups in total. The molecule has 0 heterocycles. The SMILES string of the molecule is CCOC(=O)C(C#N)(CC=C(C)C)c1ccccc1. The van der Waals surface area contributed by atoms with Crippen molar-refractivity contribution >= 4 is 5.97 Å². The number of nitriles is 1. The number of nitrogens with zero attached hydrogens (tertiary/aromatic N) is 1. The van der Waals surface area contributed by atoms with Gasteiger partial charge < -0.3 is 4.74 Å². The van der Waals surface area contributed by atoms with E-state index in [1.54, 1.807) is 19.1 Å². The van der Waals surface area contributed by atoms with Crippen molar-refractivity contribution in [3.63, 3.8) is 0 Å². The molecule has 0 bridgehead atoms. The highest BCUT2D eigenvalue weighted by atomic mass is 16.5. The monoisotopic (exact) mass is 257 g/mol. The van der Waals surface area contributed by atoms with E-state index in [2.05, 4.69) is 6.07 Å². The molecule has 0 saturated carbocycles. The third kappa shape index (κ3) is 3.45. The molecule has 0 saturated heterocycles. The number of carbonyl (C=O) groups excluding carboxylic acids is 1. The predicted octanol–water partition coefficient (Wildman–Crippen LogP) is 3.37. The first-order valence-corrected chi connectivity index (χ1v) is 6.34. The fourth-order valence-corrected chi connectivity index (χ4v) is 1.81. The van der Waals surface area contributed by atoms with Gasteiger partial charge in [-0.2, -0.15) is 5.26 Å². The summed E-state index contributed by atoms with van der Waals surface area (Å²) in [4.78, 5) is 12.2. The molecule has 3 heteroatoms. The van der Waals surface area contributed by atoms with Crippen LogP contribution in [-0.2, 0) is 14.9 Å². The van der Waals surface area contributed by atoms with E-state index in [0.29, 0.717) is 12.0 Å². The van der Waals surface area contributed by atoms with Crippen LogP contribution in [0.1, 0.15) is 32.8 Å². The third-order valence-corrected chi connectivity index (χ3v) is 2.90. The van der Waals surface area contributed by atoms with Crippen LogP contribution >= 0.6 is 0 Å². The number of allylic oxidation sites excluding steroid dienone is 2. The van der Waals surface area contributed by atoms with Crippen LogP contribution in [0.15, 0.2) is 42.0 Å². The van der Waals surface area contributed by atoms with Gasteiger partial charge in [-0.05, 0) is 32.8 Å². The van der Waals surface area contributed by atoms with Crippen LogP contribution < -0.4 is 0 Å². The summed E-state index contributed by atoms with van der Waals surface area (Å²) in [5, 5.41) is 9.56. The average molecular weight is 257 g/mol. The molecule has 1 aromatic carbocycles. The van der Waals surface area contributed by atoms with E-state index in [9.17, 15) is 10.1 Å². The molecule has 0 aliphatic heterocycles. The Bertz CT molecular complexity index is 495. The van der Waals surface area contributed by atoms with E-state index in [1.165, 1.54) is 0 Å². The van der Waals surface area contributed by atoms with Crippen molar-refractivity contribution in [2.45, 2.75) is 32.6 Å². The highest BCUT2D eigenvalue weighted by Crippen LogP contribution is 2.30. The number of benzene rings is 1. The molecule has 0 radical (unpaired) electrons. The molecule has 100 valence electrons. The van der Waals surface area contributed by atoms with Gasteiger partial charge in [-0.25, -0.2) is 4.79 Å². The topological polar surface area (TPSA) is 50.1 Å². The van der Waals surface area contributed by atoms with Crippen LogP contribution in [0.3, 0.4) is 0 Å². The second-order valence-corrected chi connectivity index (χ2v) is 4.59. The molecule has 1 unspecified atom stereocenters. The lowest BCUT2D eigenvalue weighted by atomic mass is 9.78. The van der Waals surface area contributed by atoms with Crippen molar-refractivity contribution in [1.29, 1.82) is 5.26 Å². The zero-order chi connectivity index (χ0) is 14.3. The average Bonchev–Trinajstić information content (AvgIpc) is 2.41. The second-order valence-electron chi connectivity index (χ2n) is 4.59. The normalized spacial score (nSPS) is 12.9. The number of esters is 1. The summed E-state index contributed by atoms with van der Waals surface area (Å²) < 4.78 is 5.09. The summed E-state index contributed by atoms with van der Waals surface area (Å²) >= 11 is 0. The minimum absolute atomic E-state index is 0.268. The van der Waals surface area contributed by atoms with E-state index < -0.39 is 11.4 Å². The number of hydrogen-bond acceptors (Lipinski definition) is 3. The van der Waals surface area contributed by atoms with Crippen LogP contribution in [0.4, 0.5) is 0 Å². The Morgan fingerprint density at radius 1 is 1.37 bits per heavy atom. The number of ether oxygens (including phenoxy) is 1. The molecule has 0 spiro atoms. The van der Waals surface area contributed by atoms with Gasteiger partial charge in [-0.15, -0.1) is 0 Å². The van der Waals surface area contributed by atoms with Crippen molar-refractivity contribution in [2.24, 2.45) is 0 Å². The quantitative estimate of drug-likeness (QED) is 0.600. The van der Waals surface area contributed by atoms with E-state index in [-0.39, 0.29) is 6.61 Å². The molecule has 1 atom stereocenters.